The van der Waals surface area contributed by atoms with E-state index in [1.807, 2.05) is 5.32 Å². The molecule has 0 fully saturated rings. The molecule has 4 N–H and O–H groups in total. The molecule has 160 valence electrons. The topological polar surface area (TPSA) is 105 Å². The third kappa shape index (κ3) is 6.19. The number of carbonyl (C=O) groups excluding carboxylic acids is 3. The van der Waals surface area contributed by atoms with Gasteiger partial charge in [0.2, 0.25) is 11.8 Å². The van der Waals surface area contributed by atoms with Gasteiger partial charge in [0, 0.05) is 5.69 Å². The first kappa shape index (κ1) is 23.2. The number of anilines is 1. The second-order valence-electron chi connectivity index (χ2n) is 6.32. The lowest BCUT2D eigenvalue weighted by Crippen LogP contribution is -2.45. The van der Waals surface area contributed by atoms with Crippen LogP contribution in [0.15, 0.2) is 48.5 Å². The van der Waals surface area contributed by atoms with Crippen molar-refractivity contribution in [1.82, 2.24) is 10.2 Å². The summed E-state index contributed by atoms with van der Waals surface area (Å²) in [5.41, 5.74) is 4.29. The lowest BCUT2D eigenvalue weighted by Gasteiger charge is -2.26. The van der Waals surface area contributed by atoms with Gasteiger partial charge in [0.25, 0.3) is 0 Å². The number of imide groups is 1. The van der Waals surface area contributed by atoms with E-state index in [1.165, 1.54) is 18.0 Å². The molecule has 2 rings (SSSR count). The van der Waals surface area contributed by atoms with Crippen molar-refractivity contribution in [1.29, 1.82) is 0 Å². The Hall–Kier alpha value is -3.11. The van der Waals surface area contributed by atoms with E-state index in [9.17, 15) is 27.6 Å². The van der Waals surface area contributed by atoms with E-state index in [0.717, 1.165) is 6.07 Å². The molecule has 0 aliphatic rings. The molecule has 7 nitrogen and oxygen atoms in total. The highest BCUT2D eigenvalue weighted by Gasteiger charge is 2.33. The Morgan fingerprint density at radius 1 is 1.13 bits per heavy atom. The number of primary amides is 1. The van der Waals surface area contributed by atoms with E-state index in [0.29, 0.717) is 11.6 Å². The number of hydrogen-bond acceptors (Lipinski definition) is 4. The normalized spacial score (nSPS) is 12.3. The Morgan fingerprint density at radius 3 is 2.33 bits per heavy atom. The van der Waals surface area contributed by atoms with Gasteiger partial charge in [-0.2, -0.15) is 13.2 Å². The molecule has 0 aromatic heterocycles. The van der Waals surface area contributed by atoms with Crippen LogP contribution in [0.5, 0.6) is 0 Å². The van der Waals surface area contributed by atoms with Crippen molar-refractivity contribution >= 4 is 35.1 Å². The van der Waals surface area contributed by atoms with E-state index in [2.05, 4.69) is 5.32 Å². The molecule has 0 saturated heterocycles. The molecule has 30 heavy (non-hydrogen) atoms. The fourth-order valence-electron chi connectivity index (χ4n) is 2.77. The first-order valence-corrected chi connectivity index (χ1v) is 8.89. The van der Waals surface area contributed by atoms with Crippen LogP contribution in [0.25, 0.3) is 0 Å². The van der Waals surface area contributed by atoms with E-state index >= 15 is 0 Å². The highest BCUT2D eigenvalue weighted by atomic mass is 35.5. The highest BCUT2D eigenvalue weighted by molar-refractivity contribution is 6.31. The lowest BCUT2D eigenvalue weighted by atomic mass is 10.0. The molecule has 0 radical (unpaired) electrons. The molecule has 0 heterocycles. The Bertz CT molecular complexity index is 938. The number of rotatable bonds is 6. The summed E-state index contributed by atoms with van der Waals surface area (Å²) < 4.78 is 38.9. The van der Waals surface area contributed by atoms with Crippen molar-refractivity contribution in [3.8, 4) is 0 Å². The minimum atomic E-state index is -4.68. The number of hydrogen-bond donors (Lipinski definition) is 3. The average Bonchev–Trinajstić information content (AvgIpc) is 2.62. The Balaban J connectivity index is 2.17. The number of nitrogens with one attached hydrogen (secondary N) is 2. The first-order valence-electron chi connectivity index (χ1n) is 8.51. The molecule has 1 unspecified atom stereocenters. The van der Waals surface area contributed by atoms with Gasteiger partial charge in [0.15, 0.2) is 0 Å². The zero-order valence-corrected chi connectivity index (χ0v) is 16.4. The van der Waals surface area contributed by atoms with Gasteiger partial charge in [-0.3, -0.25) is 19.8 Å². The molecule has 2 aromatic rings. The summed E-state index contributed by atoms with van der Waals surface area (Å²) in [5, 5.41) is 3.80. The fourth-order valence-corrected chi connectivity index (χ4v) is 2.99. The molecule has 1 atom stereocenters. The number of nitrogens with two attached hydrogens (primary N) is 1. The van der Waals surface area contributed by atoms with Gasteiger partial charge in [-0.05, 0) is 30.8 Å². The molecule has 0 saturated carbocycles. The van der Waals surface area contributed by atoms with Gasteiger partial charge in [-0.15, -0.1) is 0 Å². The summed E-state index contributed by atoms with van der Waals surface area (Å²) in [6.07, 6.45) is -4.68. The van der Waals surface area contributed by atoms with E-state index in [4.69, 9.17) is 17.3 Å². The molecule has 2 aromatic carbocycles. The largest absolute Gasteiger partial charge is 0.417 e. The predicted molar refractivity (Wildman–Crippen MR) is 105 cm³/mol. The quantitative estimate of drug-likeness (QED) is 0.639. The molecular formula is C19H18ClF3N4O3. The fraction of sp³-hybridized carbons (Fsp3) is 0.211. The van der Waals surface area contributed by atoms with Crippen LogP contribution in [-0.4, -0.2) is 36.3 Å². The molecule has 11 heteroatoms. The summed E-state index contributed by atoms with van der Waals surface area (Å²) in [4.78, 5) is 37.1. The van der Waals surface area contributed by atoms with Gasteiger partial charge in [-0.25, -0.2) is 4.79 Å². The minimum Gasteiger partial charge on any atom is -0.351 e. The maximum Gasteiger partial charge on any atom is 0.417 e. The number of alkyl halides is 3. The van der Waals surface area contributed by atoms with Crippen LogP contribution in [0, 0.1) is 0 Å². The Labute approximate surface area is 175 Å². The highest BCUT2D eigenvalue weighted by Crippen LogP contribution is 2.36. The zero-order valence-electron chi connectivity index (χ0n) is 15.7. The summed E-state index contributed by atoms with van der Waals surface area (Å²) in [6.45, 7) is -0.365. The Morgan fingerprint density at radius 2 is 1.77 bits per heavy atom. The number of benzene rings is 2. The molecular weight excluding hydrogens is 425 g/mol. The van der Waals surface area contributed by atoms with Gasteiger partial charge in [-0.1, -0.05) is 41.9 Å². The van der Waals surface area contributed by atoms with Crippen LogP contribution in [0.3, 0.4) is 0 Å². The van der Waals surface area contributed by atoms with Gasteiger partial charge in [0.05, 0.1) is 17.1 Å². The summed E-state index contributed by atoms with van der Waals surface area (Å²) in [7, 11) is 1.45. The molecule has 0 spiro atoms. The van der Waals surface area contributed by atoms with E-state index < -0.39 is 40.6 Å². The van der Waals surface area contributed by atoms with Crippen molar-refractivity contribution in [2.75, 3.05) is 18.9 Å². The van der Waals surface area contributed by atoms with Crippen molar-refractivity contribution in [3.63, 3.8) is 0 Å². The summed E-state index contributed by atoms with van der Waals surface area (Å²) in [5.74, 6) is -1.43. The lowest BCUT2D eigenvalue weighted by molar-refractivity contribution is -0.137. The van der Waals surface area contributed by atoms with Gasteiger partial charge < -0.3 is 11.1 Å². The average molecular weight is 443 g/mol. The number of urea groups is 1. The van der Waals surface area contributed by atoms with Crippen LogP contribution in [-0.2, 0) is 15.8 Å². The van der Waals surface area contributed by atoms with Crippen molar-refractivity contribution in [2.45, 2.75) is 12.2 Å². The van der Waals surface area contributed by atoms with Gasteiger partial charge in [0.1, 0.15) is 6.04 Å². The first-order chi connectivity index (χ1) is 14.0. The summed E-state index contributed by atoms with van der Waals surface area (Å²) in [6, 6.07) is 9.16. The van der Waals surface area contributed by atoms with Crippen molar-refractivity contribution in [3.05, 3.63) is 64.7 Å². The second-order valence-corrected chi connectivity index (χ2v) is 6.73. The van der Waals surface area contributed by atoms with Crippen molar-refractivity contribution in [2.24, 2.45) is 5.73 Å². The molecule has 4 amide bonds. The minimum absolute atomic E-state index is 0.108. The summed E-state index contributed by atoms with van der Waals surface area (Å²) >= 11 is 5.56. The predicted octanol–water partition coefficient (Wildman–Crippen LogP) is 3.17. The standard InChI is InChI=1S/C19H18ClF3N4O3/c1-27(16(17(29)26-18(24)30)11-5-3-2-4-6-11)10-15(28)25-12-7-8-14(20)13(9-12)19(21,22)23/h2-9,16H,10H2,1H3,(H,25,28)(H3,24,26,29,30). The number of likely N-dealkylation sites (N-methyl/N-ethyl adjacent to an activating group) is 1. The second kappa shape index (κ2) is 9.59. The molecule has 0 bridgehead atoms. The number of carbonyl (C=O) groups is 3. The molecule has 0 aliphatic heterocycles. The van der Waals surface area contributed by atoms with E-state index in [-0.39, 0.29) is 12.2 Å². The number of nitrogens with zero attached hydrogens (tertiary/aromatic N) is 1. The van der Waals surface area contributed by atoms with Crippen molar-refractivity contribution < 1.29 is 27.6 Å². The SMILES string of the molecule is CN(CC(=O)Nc1ccc(Cl)c(C(F)(F)F)c1)C(C(=O)NC(N)=O)c1ccccc1. The smallest absolute Gasteiger partial charge is 0.351 e. The third-order valence-corrected chi connectivity index (χ3v) is 4.33. The van der Waals surface area contributed by atoms with Crippen LogP contribution in [0.2, 0.25) is 5.02 Å². The number of amides is 4. The third-order valence-electron chi connectivity index (χ3n) is 4.00. The Kier molecular flexibility index (Phi) is 7.41. The zero-order chi connectivity index (χ0) is 22.5. The maximum absolute atomic E-state index is 13.0. The van der Waals surface area contributed by atoms with Crippen LogP contribution >= 0.6 is 11.6 Å². The van der Waals surface area contributed by atoms with Gasteiger partial charge >= 0.3 is 12.2 Å². The monoisotopic (exact) mass is 442 g/mol. The maximum atomic E-state index is 13.0. The van der Waals surface area contributed by atoms with Crippen LogP contribution in [0.1, 0.15) is 17.2 Å². The van der Waals surface area contributed by atoms with Crippen LogP contribution < -0.4 is 16.4 Å². The van der Waals surface area contributed by atoms with E-state index in [1.54, 1.807) is 30.3 Å². The number of halogens is 4. The molecule has 0 aliphatic carbocycles. The van der Waals surface area contributed by atoms with Crippen LogP contribution in [0.4, 0.5) is 23.7 Å².